The lowest BCUT2D eigenvalue weighted by molar-refractivity contribution is 0.0698. The normalized spacial score (nSPS) is 17.8. The third kappa shape index (κ3) is 3.71. The van der Waals surface area contributed by atoms with Crippen molar-refractivity contribution in [2.24, 2.45) is 5.92 Å². The van der Waals surface area contributed by atoms with Gasteiger partial charge in [-0.3, -0.25) is 0 Å². The highest BCUT2D eigenvalue weighted by molar-refractivity contribution is 9.10. The summed E-state index contributed by atoms with van der Waals surface area (Å²) in [7, 11) is 0. The van der Waals surface area contributed by atoms with Crippen LogP contribution in [0.25, 0.3) is 0 Å². The minimum absolute atomic E-state index is 0.0405. The van der Waals surface area contributed by atoms with E-state index in [0.717, 1.165) is 13.0 Å². The van der Waals surface area contributed by atoms with Crippen molar-refractivity contribution in [3.63, 3.8) is 0 Å². The van der Waals surface area contributed by atoms with E-state index in [4.69, 9.17) is 9.84 Å². The number of carbonyl (C=O) groups is 2. The van der Waals surface area contributed by atoms with Gasteiger partial charge in [-0.2, -0.15) is 0 Å². The molecule has 20 heavy (non-hydrogen) atoms. The smallest absolute Gasteiger partial charge is 0.337 e. The van der Waals surface area contributed by atoms with E-state index in [9.17, 15) is 9.59 Å². The third-order valence-electron chi connectivity index (χ3n) is 3.06. The van der Waals surface area contributed by atoms with Crippen LogP contribution >= 0.6 is 15.9 Å². The standard InChI is InChI=1S/C13H15BrN2O4/c14-10-3-1-2-9(12(17)18)11(10)16-13(19)15-6-8-4-5-20-7-8/h1-3,8H,4-7H2,(H,17,18)(H2,15,16,19). The number of anilines is 1. The Labute approximate surface area is 124 Å². The van der Waals surface area contributed by atoms with Crippen molar-refractivity contribution >= 4 is 33.6 Å². The number of carboxylic acids is 1. The molecule has 1 fully saturated rings. The number of aromatic carboxylic acids is 1. The molecule has 2 amide bonds. The van der Waals surface area contributed by atoms with E-state index < -0.39 is 12.0 Å². The predicted molar refractivity (Wildman–Crippen MR) is 77.0 cm³/mol. The zero-order chi connectivity index (χ0) is 14.5. The van der Waals surface area contributed by atoms with Crippen LogP contribution in [0.15, 0.2) is 22.7 Å². The Morgan fingerprint density at radius 2 is 2.25 bits per heavy atom. The molecule has 1 heterocycles. The highest BCUT2D eigenvalue weighted by atomic mass is 79.9. The quantitative estimate of drug-likeness (QED) is 0.783. The van der Waals surface area contributed by atoms with E-state index >= 15 is 0 Å². The van der Waals surface area contributed by atoms with Crippen molar-refractivity contribution in [1.29, 1.82) is 0 Å². The van der Waals surface area contributed by atoms with Crippen molar-refractivity contribution in [3.8, 4) is 0 Å². The Morgan fingerprint density at radius 1 is 1.45 bits per heavy atom. The Balaban J connectivity index is 1.98. The average Bonchev–Trinajstić information content (AvgIpc) is 2.91. The average molecular weight is 343 g/mol. The second kappa shape index (κ2) is 6.71. The summed E-state index contributed by atoms with van der Waals surface area (Å²) in [5, 5.41) is 14.4. The number of nitrogens with one attached hydrogen (secondary N) is 2. The van der Waals surface area contributed by atoms with Gasteiger partial charge in [0, 0.05) is 23.5 Å². The van der Waals surface area contributed by atoms with Gasteiger partial charge < -0.3 is 20.5 Å². The van der Waals surface area contributed by atoms with Crippen molar-refractivity contribution in [1.82, 2.24) is 5.32 Å². The number of rotatable bonds is 4. The molecule has 3 N–H and O–H groups in total. The van der Waals surface area contributed by atoms with E-state index in [1.165, 1.54) is 6.07 Å². The van der Waals surface area contributed by atoms with Crippen LogP contribution in [-0.4, -0.2) is 36.9 Å². The molecule has 6 nitrogen and oxygen atoms in total. The number of urea groups is 1. The number of benzene rings is 1. The summed E-state index contributed by atoms with van der Waals surface area (Å²) in [6.45, 7) is 1.88. The first kappa shape index (κ1) is 14.8. The highest BCUT2D eigenvalue weighted by Gasteiger charge is 2.18. The van der Waals surface area contributed by atoms with Crippen LogP contribution in [0.5, 0.6) is 0 Å². The van der Waals surface area contributed by atoms with E-state index in [1.807, 2.05) is 0 Å². The molecular formula is C13H15BrN2O4. The van der Waals surface area contributed by atoms with Gasteiger partial charge in [0.25, 0.3) is 0 Å². The maximum Gasteiger partial charge on any atom is 0.337 e. The molecule has 0 aliphatic carbocycles. The van der Waals surface area contributed by atoms with Crippen molar-refractivity contribution in [2.75, 3.05) is 25.1 Å². The van der Waals surface area contributed by atoms with Crippen LogP contribution < -0.4 is 10.6 Å². The maximum absolute atomic E-state index is 11.8. The lowest BCUT2D eigenvalue weighted by Gasteiger charge is -2.13. The zero-order valence-electron chi connectivity index (χ0n) is 10.7. The fourth-order valence-corrected chi connectivity index (χ4v) is 2.43. The van der Waals surface area contributed by atoms with Crippen LogP contribution in [-0.2, 0) is 4.74 Å². The summed E-state index contributed by atoms with van der Waals surface area (Å²) in [4.78, 5) is 22.9. The molecule has 2 rings (SSSR count). The van der Waals surface area contributed by atoms with Gasteiger partial charge in [0.15, 0.2) is 0 Å². The molecule has 1 unspecified atom stereocenters. The Hall–Kier alpha value is -1.60. The third-order valence-corrected chi connectivity index (χ3v) is 3.72. The molecule has 1 aliphatic heterocycles. The van der Waals surface area contributed by atoms with Crippen molar-refractivity contribution < 1.29 is 19.4 Å². The number of hydrogen-bond donors (Lipinski definition) is 3. The number of carbonyl (C=O) groups excluding carboxylic acids is 1. The number of ether oxygens (including phenoxy) is 1. The number of carboxylic acid groups (broad SMARTS) is 1. The molecule has 1 saturated heterocycles. The van der Waals surface area contributed by atoms with Gasteiger partial charge in [-0.25, -0.2) is 9.59 Å². The van der Waals surface area contributed by atoms with Gasteiger partial charge in [0.05, 0.1) is 17.9 Å². The molecular weight excluding hydrogens is 328 g/mol. The zero-order valence-corrected chi connectivity index (χ0v) is 12.3. The Morgan fingerprint density at radius 3 is 2.90 bits per heavy atom. The van der Waals surface area contributed by atoms with Crippen LogP contribution in [0.3, 0.4) is 0 Å². The van der Waals surface area contributed by atoms with E-state index in [2.05, 4.69) is 26.6 Å². The number of halogens is 1. The summed E-state index contributed by atoms with van der Waals surface area (Å²) in [6, 6.07) is 4.29. The second-order valence-corrected chi connectivity index (χ2v) is 5.39. The molecule has 1 aromatic rings. The SMILES string of the molecule is O=C(NCC1CCOC1)Nc1c(Br)cccc1C(=O)O. The highest BCUT2D eigenvalue weighted by Crippen LogP contribution is 2.26. The molecule has 7 heteroatoms. The summed E-state index contributed by atoms with van der Waals surface area (Å²) in [5.74, 6) is -0.773. The van der Waals surface area contributed by atoms with Gasteiger partial charge in [-0.1, -0.05) is 6.07 Å². The van der Waals surface area contributed by atoms with Crippen LogP contribution in [0.4, 0.5) is 10.5 Å². The van der Waals surface area contributed by atoms with Crippen LogP contribution in [0.2, 0.25) is 0 Å². The summed E-state index contributed by atoms with van der Waals surface area (Å²) in [5.41, 5.74) is 0.291. The van der Waals surface area contributed by atoms with E-state index in [-0.39, 0.29) is 11.3 Å². The molecule has 1 aliphatic rings. The largest absolute Gasteiger partial charge is 0.478 e. The second-order valence-electron chi connectivity index (χ2n) is 4.53. The molecule has 1 atom stereocenters. The summed E-state index contributed by atoms with van der Waals surface area (Å²) < 4.78 is 5.75. The molecule has 1 aromatic carbocycles. The number of amides is 2. The number of para-hydroxylation sites is 1. The van der Waals surface area contributed by atoms with Gasteiger partial charge in [-0.05, 0) is 34.5 Å². The first-order valence-electron chi connectivity index (χ1n) is 6.22. The monoisotopic (exact) mass is 342 g/mol. The maximum atomic E-state index is 11.8. The lowest BCUT2D eigenvalue weighted by atomic mass is 10.1. The van der Waals surface area contributed by atoms with Crippen LogP contribution in [0, 0.1) is 5.92 Å². The minimum Gasteiger partial charge on any atom is -0.478 e. The summed E-state index contributed by atoms with van der Waals surface area (Å²) >= 11 is 3.24. The van der Waals surface area contributed by atoms with E-state index in [0.29, 0.717) is 23.5 Å². The molecule has 0 spiro atoms. The van der Waals surface area contributed by atoms with E-state index in [1.54, 1.807) is 12.1 Å². The predicted octanol–water partition coefficient (Wildman–Crippen LogP) is 2.31. The van der Waals surface area contributed by atoms with Gasteiger partial charge in [-0.15, -0.1) is 0 Å². The van der Waals surface area contributed by atoms with Crippen molar-refractivity contribution in [2.45, 2.75) is 6.42 Å². The Bertz CT molecular complexity index is 515. The topological polar surface area (TPSA) is 87.7 Å². The van der Waals surface area contributed by atoms with Gasteiger partial charge in [0.1, 0.15) is 0 Å². The fourth-order valence-electron chi connectivity index (χ4n) is 1.97. The van der Waals surface area contributed by atoms with Gasteiger partial charge in [0.2, 0.25) is 0 Å². The summed E-state index contributed by atoms with van der Waals surface area (Å²) in [6.07, 6.45) is 0.926. The van der Waals surface area contributed by atoms with Crippen LogP contribution in [0.1, 0.15) is 16.8 Å². The van der Waals surface area contributed by atoms with Gasteiger partial charge >= 0.3 is 12.0 Å². The first-order valence-corrected chi connectivity index (χ1v) is 7.01. The molecule has 0 saturated carbocycles. The molecule has 0 aromatic heterocycles. The fraction of sp³-hybridized carbons (Fsp3) is 0.385. The number of hydrogen-bond acceptors (Lipinski definition) is 3. The molecule has 0 radical (unpaired) electrons. The van der Waals surface area contributed by atoms with Crippen molar-refractivity contribution in [3.05, 3.63) is 28.2 Å². The minimum atomic E-state index is -1.09. The Kier molecular flexibility index (Phi) is 4.97. The molecule has 0 bridgehead atoms. The molecule has 108 valence electrons. The lowest BCUT2D eigenvalue weighted by Crippen LogP contribution is -2.33. The first-order chi connectivity index (χ1) is 9.58.